The maximum Gasteiger partial charge on any atom is 0.335 e. The summed E-state index contributed by atoms with van der Waals surface area (Å²) >= 11 is 3.31. The number of ether oxygens (including phenoxy) is 1. The average molecular weight is 314 g/mol. The van der Waals surface area contributed by atoms with E-state index in [1.54, 1.807) is 12.1 Å². The molecule has 0 bridgehead atoms. The standard InChI is InChI=1S/C13H16BrNO3/c1-13(3-2-4-18-13)8-15-11-6-9(12(16)17)5-10(14)7-11/h5-7,15H,2-4,8H2,1H3,(H,16,17). The third kappa shape index (κ3) is 3.23. The molecule has 0 aliphatic carbocycles. The molecule has 5 heteroatoms. The molecule has 0 aromatic heterocycles. The summed E-state index contributed by atoms with van der Waals surface area (Å²) in [5.74, 6) is -0.928. The van der Waals surface area contributed by atoms with E-state index in [4.69, 9.17) is 9.84 Å². The Labute approximate surface area is 114 Å². The van der Waals surface area contributed by atoms with Crippen molar-refractivity contribution in [2.75, 3.05) is 18.5 Å². The van der Waals surface area contributed by atoms with Gasteiger partial charge in [0.2, 0.25) is 0 Å². The molecule has 4 nitrogen and oxygen atoms in total. The van der Waals surface area contributed by atoms with Gasteiger partial charge in [0.1, 0.15) is 0 Å². The van der Waals surface area contributed by atoms with Crippen molar-refractivity contribution in [1.82, 2.24) is 0 Å². The molecule has 0 saturated carbocycles. The third-order valence-electron chi connectivity index (χ3n) is 3.11. The van der Waals surface area contributed by atoms with Crippen LogP contribution >= 0.6 is 15.9 Å². The zero-order chi connectivity index (χ0) is 13.2. The zero-order valence-corrected chi connectivity index (χ0v) is 11.8. The second-order valence-electron chi connectivity index (χ2n) is 4.79. The van der Waals surface area contributed by atoms with Crippen LogP contribution in [0.4, 0.5) is 5.69 Å². The minimum absolute atomic E-state index is 0.147. The fourth-order valence-corrected chi connectivity index (χ4v) is 2.57. The molecule has 1 saturated heterocycles. The zero-order valence-electron chi connectivity index (χ0n) is 10.2. The van der Waals surface area contributed by atoms with Crippen molar-refractivity contribution in [3.05, 3.63) is 28.2 Å². The highest BCUT2D eigenvalue weighted by Crippen LogP contribution is 2.26. The highest BCUT2D eigenvalue weighted by molar-refractivity contribution is 9.10. The van der Waals surface area contributed by atoms with E-state index in [1.165, 1.54) is 0 Å². The highest BCUT2D eigenvalue weighted by atomic mass is 79.9. The van der Waals surface area contributed by atoms with Crippen molar-refractivity contribution in [2.45, 2.75) is 25.4 Å². The van der Waals surface area contributed by atoms with E-state index in [2.05, 4.69) is 28.2 Å². The number of benzene rings is 1. The Hall–Kier alpha value is -1.07. The molecule has 1 atom stereocenters. The van der Waals surface area contributed by atoms with Gasteiger partial charge in [-0.25, -0.2) is 4.79 Å². The van der Waals surface area contributed by atoms with Crippen LogP contribution in [0.15, 0.2) is 22.7 Å². The summed E-state index contributed by atoms with van der Waals surface area (Å²) in [6.07, 6.45) is 2.11. The van der Waals surface area contributed by atoms with Gasteiger partial charge in [-0.2, -0.15) is 0 Å². The molecule has 18 heavy (non-hydrogen) atoms. The first-order valence-electron chi connectivity index (χ1n) is 5.90. The molecule has 0 spiro atoms. The van der Waals surface area contributed by atoms with E-state index in [-0.39, 0.29) is 11.2 Å². The number of carboxylic acids is 1. The lowest BCUT2D eigenvalue weighted by atomic mass is 10.0. The number of carbonyl (C=O) groups is 1. The van der Waals surface area contributed by atoms with Crippen molar-refractivity contribution in [2.24, 2.45) is 0 Å². The summed E-state index contributed by atoms with van der Waals surface area (Å²) in [4.78, 5) is 11.0. The van der Waals surface area contributed by atoms with Gasteiger partial charge in [0.25, 0.3) is 0 Å². The van der Waals surface area contributed by atoms with Crippen LogP contribution in [0.5, 0.6) is 0 Å². The molecule has 1 aliphatic heterocycles. The molecule has 0 amide bonds. The van der Waals surface area contributed by atoms with Gasteiger partial charge in [-0.05, 0) is 38.0 Å². The van der Waals surface area contributed by atoms with Gasteiger partial charge in [-0.15, -0.1) is 0 Å². The molecular weight excluding hydrogens is 298 g/mol. The minimum Gasteiger partial charge on any atom is -0.478 e. The van der Waals surface area contributed by atoms with Crippen LogP contribution in [-0.2, 0) is 4.74 Å². The van der Waals surface area contributed by atoms with Gasteiger partial charge in [-0.1, -0.05) is 15.9 Å². The van der Waals surface area contributed by atoms with Crippen molar-refractivity contribution in [3.63, 3.8) is 0 Å². The van der Waals surface area contributed by atoms with Crippen LogP contribution in [-0.4, -0.2) is 29.8 Å². The number of hydrogen-bond acceptors (Lipinski definition) is 3. The van der Waals surface area contributed by atoms with Gasteiger partial charge < -0.3 is 15.2 Å². The Morgan fingerprint density at radius 2 is 2.33 bits per heavy atom. The SMILES string of the molecule is CC1(CNc2cc(Br)cc(C(=O)O)c2)CCCO1. The van der Waals surface area contributed by atoms with Gasteiger partial charge in [-0.3, -0.25) is 0 Å². The first-order chi connectivity index (χ1) is 8.48. The fraction of sp³-hybridized carbons (Fsp3) is 0.462. The average Bonchev–Trinajstić information content (AvgIpc) is 2.73. The van der Waals surface area contributed by atoms with Gasteiger partial charge in [0.15, 0.2) is 0 Å². The molecule has 1 heterocycles. The fourth-order valence-electron chi connectivity index (χ4n) is 2.08. The number of anilines is 1. The highest BCUT2D eigenvalue weighted by Gasteiger charge is 2.29. The van der Waals surface area contributed by atoms with Crippen molar-refractivity contribution >= 4 is 27.6 Å². The second kappa shape index (κ2) is 5.28. The maximum atomic E-state index is 11.0. The Bertz CT molecular complexity index is 456. The van der Waals surface area contributed by atoms with Crippen molar-refractivity contribution < 1.29 is 14.6 Å². The predicted octanol–water partition coefficient (Wildman–Crippen LogP) is 3.13. The summed E-state index contributed by atoms with van der Waals surface area (Å²) < 4.78 is 6.43. The molecule has 2 N–H and O–H groups in total. The van der Waals surface area contributed by atoms with Crippen LogP contribution < -0.4 is 5.32 Å². The van der Waals surface area contributed by atoms with E-state index in [0.29, 0.717) is 6.54 Å². The second-order valence-corrected chi connectivity index (χ2v) is 5.70. The quantitative estimate of drug-likeness (QED) is 0.896. The molecule has 2 rings (SSSR count). The number of halogens is 1. The normalized spacial score (nSPS) is 23.0. The van der Waals surface area contributed by atoms with Crippen LogP contribution in [0.3, 0.4) is 0 Å². The maximum absolute atomic E-state index is 11.0. The minimum atomic E-state index is -0.928. The van der Waals surface area contributed by atoms with Gasteiger partial charge >= 0.3 is 5.97 Å². The number of nitrogens with one attached hydrogen (secondary N) is 1. The number of rotatable bonds is 4. The first kappa shape index (κ1) is 13.4. The Morgan fingerprint density at radius 1 is 1.56 bits per heavy atom. The molecule has 1 unspecified atom stereocenters. The Kier molecular flexibility index (Phi) is 3.92. The van der Waals surface area contributed by atoms with Crippen LogP contribution in [0.1, 0.15) is 30.1 Å². The van der Waals surface area contributed by atoms with E-state index < -0.39 is 5.97 Å². The summed E-state index contributed by atoms with van der Waals surface area (Å²) in [5.41, 5.74) is 0.911. The molecule has 98 valence electrons. The van der Waals surface area contributed by atoms with Crippen LogP contribution in [0.2, 0.25) is 0 Å². The van der Waals surface area contributed by atoms with E-state index in [9.17, 15) is 4.79 Å². The molecule has 1 aliphatic rings. The molecule has 0 radical (unpaired) electrons. The predicted molar refractivity (Wildman–Crippen MR) is 73.2 cm³/mol. The first-order valence-corrected chi connectivity index (χ1v) is 6.70. The lowest BCUT2D eigenvalue weighted by molar-refractivity contribution is 0.0315. The Morgan fingerprint density at radius 3 is 2.94 bits per heavy atom. The summed E-state index contributed by atoms with van der Waals surface area (Å²) in [5, 5.41) is 12.2. The number of carboxylic acid groups (broad SMARTS) is 1. The molecule has 1 fully saturated rings. The van der Waals surface area contributed by atoms with Crippen molar-refractivity contribution in [1.29, 1.82) is 0 Å². The molecular formula is C13H16BrNO3. The Balaban J connectivity index is 2.07. The van der Waals surface area contributed by atoms with Crippen molar-refractivity contribution in [3.8, 4) is 0 Å². The number of hydrogen-bond donors (Lipinski definition) is 2. The number of aromatic carboxylic acids is 1. The monoisotopic (exact) mass is 313 g/mol. The summed E-state index contributed by atoms with van der Waals surface area (Å²) in [6, 6.07) is 5.08. The topological polar surface area (TPSA) is 58.6 Å². The lowest BCUT2D eigenvalue weighted by Gasteiger charge is -2.24. The van der Waals surface area contributed by atoms with E-state index in [0.717, 1.165) is 29.6 Å². The van der Waals surface area contributed by atoms with Crippen LogP contribution in [0, 0.1) is 0 Å². The van der Waals surface area contributed by atoms with Gasteiger partial charge in [0, 0.05) is 23.3 Å². The van der Waals surface area contributed by atoms with E-state index in [1.807, 2.05) is 6.07 Å². The largest absolute Gasteiger partial charge is 0.478 e. The molecule has 1 aromatic carbocycles. The summed E-state index contributed by atoms with van der Waals surface area (Å²) in [7, 11) is 0. The lowest BCUT2D eigenvalue weighted by Crippen LogP contribution is -2.32. The van der Waals surface area contributed by atoms with Crippen LogP contribution in [0.25, 0.3) is 0 Å². The smallest absolute Gasteiger partial charge is 0.335 e. The summed E-state index contributed by atoms with van der Waals surface area (Å²) in [6.45, 7) is 3.56. The third-order valence-corrected chi connectivity index (χ3v) is 3.57. The van der Waals surface area contributed by atoms with E-state index >= 15 is 0 Å². The van der Waals surface area contributed by atoms with Gasteiger partial charge in [0.05, 0.1) is 11.2 Å². The molecule has 1 aromatic rings.